The highest BCUT2D eigenvalue weighted by Gasteiger charge is 2.42. The SMILES string of the molecule is CN=C(N)Nc1cc(CCC=CC(=O)C2(Cc3ccc(O)c(OC)c3)CCCC2)cc(OC2(CNC)CCC(CCOCNCC(C)O)C2)c1O. The molecular formula is C39H59N5O7. The molecule has 0 spiro atoms. The van der Waals surface area contributed by atoms with Gasteiger partial charge < -0.3 is 45.9 Å². The van der Waals surface area contributed by atoms with E-state index >= 15 is 0 Å². The highest BCUT2D eigenvalue weighted by molar-refractivity contribution is 5.95. The van der Waals surface area contributed by atoms with Gasteiger partial charge in [0.1, 0.15) is 5.60 Å². The van der Waals surface area contributed by atoms with Crippen LogP contribution >= 0.6 is 0 Å². The number of ketones is 1. The van der Waals surface area contributed by atoms with Crippen LogP contribution in [-0.2, 0) is 22.4 Å². The Kier molecular flexibility index (Phi) is 15.0. The van der Waals surface area contributed by atoms with Crippen LogP contribution in [0.25, 0.3) is 0 Å². The van der Waals surface area contributed by atoms with E-state index in [0.29, 0.717) is 68.8 Å². The lowest BCUT2D eigenvalue weighted by Gasteiger charge is -2.31. The van der Waals surface area contributed by atoms with Crippen molar-refractivity contribution < 1.29 is 34.3 Å². The van der Waals surface area contributed by atoms with Gasteiger partial charge in [-0.25, -0.2) is 0 Å². The summed E-state index contributed by atoms with van der Waals surface area (Å²) in [6, 6.07) is 9.03. The van der Waals surface area contributed by atoms with Gasteiger partial charge in [-0.3, -0.25) is 15.1 Å². The fraction of sp³-hybridized carbons (Fsp3) is 0.590. The Hall–Kier alpha value is -3.84. The zero-order valence-electron chi connectivity index (χ0n) is 30.8. The lowest BCUT2D eigenvalue weighted by Crippen LogP contribution is -2.42. The number of guanidine groups is 1. The predicted octanol–water partition coefficient (Wildman–Crippen LogP) is 4.80. The van der Waals surface area contributed by atoms with Crippen LogP contribution in [0, 0.1) is 11.3 Å². The molecule has 2 aliphatic rings. The predicted molar refractivity (Wildman–Crippen MR) is 201 cm³/mol. The smallest absolute Gasteiger partial charge is 0.192 e. The molecule has 2 saturated carbocycles. The van der Waals surface area contributed by atoms with Crippen molar-refractivity contribution in [3.05, 3.63) is 53.6 Å². The summed E-state index contributed by atoms with van der Waals surface area (Å²) in [5.41, 5.74) is 7.34. The van der Waals surface area contributed by atoms with E-state index in [1.807, 2.05) is 37.4 Å². The number of rotatable bonds is 20. The van der Waals surface area contributed by atoms with E-state index in [1.54, 1.807) is 26.1 Å². The van der Waals surface area contributed by atoms with Crippen LogP contribution in [-0.4, -0.2) is 86.4 Å². The van der Waals surface area contributed by atoms with Crippen molar-refractivity contribution in [2.75, 3.05) is 52.9 Å². The lowest BCUT2D eigenvalue weighted by atomic mass is 9.76. The molecule has 12 heteroatoms. The van der Waals surface area contributed by atoms with Crippen molar-refractivity contribution in [3.63, 3.8) is 0 Å². The van der Waals surface area contributed by atoms with Gasteiger partial charge in [0.25, 0.3) is 0 Å². The molecule has 2 fully saturated rings. The molecule has 0 aromatic heterocycles. The maximum atomic E-state index is 13.7. The number of methoxy groups -OCH3 is 1. The fourth-order valence-corrected chi connectivity index (χ4v) is 7.53. The number of nitrogens with zero attached hydrogens (tertiary/aromatic N) is 1. The summed E-state index contributed by atoms with van der Waals surface area (Å²) in [6.07, 6.45) is 12.3. The minimum absolute atomic E-state index is 0.0310. The van der Waals surface area contributed by atoms with Crippen LogP contribution in [0.3, 0.4) is 0 Å². The first-order chi connectivity index (χ1) is 24.5. The fourth-order valence-electron chi connectivity index (χ4n) is 7.53. The van der Waals surface area contributed by atoms with Gasteiger partial charge in [-0.1, -0.05) is 25.0 Å². The Morgan fingerprint density at radius 1 is 1.14 bits per heavy atom. The Morgan fingerprint density at radius 3 is 2.61 bits per heavy atom. The second-order valence-corrected chi connectivity index (χ2v) is 14.3. The molecule has 0 aliphatic heterocycles. The number of nitrogens with one attached hydrogen (secondary N) is 3. The molecule has 3 atom stereocenters. The number of hydrogen-bond acceptors (Lipinski definition) is 10. The first kappa shape index (κ1) is 39.9. The van der Waals surface area contributed by atoms with Crippen LogP contribution < -0.4 is 31.2 Å². The first-order valence-electron chi connectivity index (χ1n) is 18.2. The molecule has 51 heavy (non-hydrogen) atoms. The third-order valence-electron chi connectivity index (χ3n) is 10.2. The number of carbonyl (C=O) groups is 1. The number of ether oxygens (including phenoxy) is 3. The van der Waals surface area contributed by atoms with Crippen LogP contribution in [0.4, 0.5) is 5.69 Å². The van der Waals surface area contributed by atoms with Gasteiger partial charge in [-0.05, 0) is 119 Å². The molecule has 2 aromatic carbocycles. The third kappa shape index (κ3) is 11.3. The van der Waals surface area contributed by atoms with Crippen molar-refractivity contribution in [3.8, 4) is 23.0 Å². The molecule has 2 aromatic rings. The van der Waals surface area contributed by atoms with Crippen LogP contribution in [0.2, 0.25) is 0 Å². The van der Waals surface area contributed by atoms with Gasteiger partial charge in [0, 0.05) is 32.2 Å². The summed E-state index contributed by atoms with van der Waals surface area (Å²) in [6.45, 7) is 3.86. The molecule has 3 unspecified atom stereocenters. The van der Waals surface area contributed by atoms with Crippen molar-refractivity contribution in [1.29, 1.82) is 0 Å². The average molecular weight is 710 g/mol. The zero-order valence-corrected chi connectivity index (χ0v) is 30.8. The van der Waals surface area contributed by atoms with Gasteiger partial charge in [0.2, 0.25) is 0 Å². The number of nitrogens with two attached hydrogens (primary N) is 1. The number of phenols is 2. The molecular weight excluding hydrogens is 650 g/mol. The maximum Gasteiger partial charge on any atom is 0.192 e. The Labute approximate surface area is 302 Å². The second kappa shape index (κ2) is 19.1. The summed E-state index contributed by atoms with van der Waals surface area (Å²) in [5.74, 6) is 1.54. The summed E-state index contributed by atoms with van der Waals surface area (Å²) in [5, 5.41) is 40.2. The Balaban J connectivity index is 1.44. The lowest BCUT2D eigenvalue weighted by molar-refractivity contribution is -0.123. The molecule has 8 N–H and O–H groups in total. The minimum Gasteiger partial charge on any atom is -0.504 e. The topological polar surface area (TPSA) is 180 Å². The number of likely N-dealkylation sites (N-methyl/N-ethyl adjacent to an activating group) is 1. The molecule has 0 bridgehead atoms. The van der Waals surface area contributed by atoms with Crippen LogP contribution in [0.15, 0.2) is 47.5 Å². The Bertz CT molecular complexity index is 1490. The highest BCUT2D eigenvalue weighted by atomic mass is 16.5. The number of aromatic hydroxyl groups is 2. The van der Waals surface area contributed by atoms with E-state index in [9.17, 15) is 20.1 Å². The number of carbonyl (C=O) groups excluding carboxylic acids is 1. The first-order valence-corrected chi connectivity index (χ1v) is 18.2. The van der Waals surface area contributed by atoms with E-state index in [2.05, 4.69) is 20.9 Å². The number of aliphatic hydroxyl groups is 1. The highest BCUT2D eigenvalue weighted by Crippen LogP contribution is 2.45. The summed E-state index contributed by atoms with van der Waals surface area (Å²) >= 11 is 0. The van der Waals surface area contributed by atoms with Gasteiger partial charge in [-0.2, -0.15) is 0 Å². The maximum absolute atomic E-state index is 13.7. The minimum atomic E-state index is -0.509. The molecule has 2 aliphatic carbocycles. The van der Waals surface area contributed by atoms with E-state index in [4.69, 9.17) is 19.9 Å². The average Bonchev–Trinajstić information content (AvgIpc) is 3.75. The van der Waals surface area contributed by atoms with E-state index in [1.165, 1.54) is 7.11 Å². The van der Waals surface area contributed by atoms with Crippen molar-refractivity contribution in [2.24, 2.45) is 22.1 Å². The van der Waals surface area contributed by atoms with Gasteiger partial charge in [-0.15, -0.1) is 0 Å². The van der Waals surface area contributed by atoms with Gasteiger partial charge in [0.15, 0.2) is 34.7 Å². The number of aliphatic imine (C=N–C) groups is 1. The number of phenolic OH excluding ortho intramolecular Hbond substituents is 2. The summed E-state index contributed by atoms with van der Waals surface area (Å²) < 4.78 is 17.8. The van der Waals surface area contributed by atoms with Crippen molar-refractivity contribution in [2.45, 2.75) is 89.3 Å². The molecule has 12 nitrogen and oxygen atoms in total. The van der Waals surface area contributed by atoms with Crippen LogP contribution in [0.1, 0.15) is 75.8 Å². The monoisotopic (exact) mass is 709 g/mol. The standard InChI is InChI=1S/C39H59N5O7/c1-27(45)24-43-26-50-18-14-28-13-17-39(23-28,25-41-2)51-34-20-29(19-31(36(34)48)44-37(40)42-3)9-5-6-10-35(47)38(15-7-8-16-38)22-30-11-12-32(46)33(21-30)49-4/h6,10-12,19-21,27-28,41,43,45-46,48H,5,7-9,13-18,22-26H2,1-4H3,(H3,40,42,44). The molecule has 0 radical (unpaired) electrons. The van der Waals surface area contributed by atoms with Crippen LogP contribution in [0.5, 0.6) is 23.0 Å². The van der Waals surface area contributed by atoms with E-state index in [-0.39, 0.29) is 23.2 Å². The van der Waals surface area contributed by atoms with Gasteiger partial charge in [0.05, 0.1) is 25.6 Å². The van der Waals surface area contributed by atoms with E-state index < -0.39 is 17.1 Å². The molecule has 0 amide bonds. The molecule has 4 rings (SSSR count). The molecule has 0 heterocycles. The number of aryl methyl sites for hydroxylation is 1. The normalized spacial score (nSPS) is 20.9. The quantitative estimate of drug-likeness (QED) is 0.0251. The number of allylic oxidation sites excluding steroid dienone is 2. The van der Waals surface area contributed by atoms with Crippen molar-refractivity contribution in [1.82, 2.24) is 10.6 Å². The largest absolute Gasteiger partial charge is 0.504 e. The number of benzene rings is 2. The molecule has 0 saturated heterocycles. The third-order valence-corrected chi connectivity index (χ3v) is 10.2. The molecule has 282 valence electrons. The number of anilines is 1. The number of hydrogen-bond donors (Lipinski definition) is 7. The van der Waals surface area contributed by atoms with Gasteiger partial charge >= 0.3 is 0 Å². The zero-order chi connectivity index (χ0) is 36.9. The van der Waals surface area contributed by atoms with Crippen molar-refractivity contribution >= 4 is 17.4 Å². The summed E-state index contributed by atoms with van der Waals surface area (Å²) in [7, 11) is 5.00. The van der Waals surface area contributed by atoms with E-state index in [0.717, 1.165) is 62.5 Å². The Morgan fingerprint density at radius 2 is 1.90 bits per heavy atom. The summed E-state index contributed by atoms with van der Waals surface area (Å²) in [4.78, 5) is 17.7. The second-order valence-electron chi connectivity index (χ2n) is 14.3. The number of aliphatic hydroxyl groups excluding tert-OH is 1.